The minimum absolute atomic E-state index is 0.0477. The van der Waals surface area contributed by atoms with Crippen molar-refractivity contribution in [3.63, 3.8) is 0 Å². The molecular formula is C13H17ClN2O2. The molecule has 0 bridgehead atoms. The zero-order chi connectivity index (χ0) is 13.0. The van der Waals surface area contributed by atoms with Crippen LogP contribution in [0.3, 0.4) is 0 Å². The third-order valence-corrected chi connectivity index (χ3v) is 3.28. The molecule has 4 nitrogen and oxygen atoms in total. The Balaban J connectivity index is 1.95. The molecule has 0 radical (unpaired) electrons. The van der Waals surface area contributed by atoms with E-state index in [4.69, 9.17) is 16.3 Å². The van der Waals surface area contributed by atoms with Crippen LogP contribution in [0.15, 0.2) is 18.3 Å². The Morgan fingerprint density at radius 3 is 3.11 bits per heavy atom. The van der Waals surface area contributed by atoms with E-state index in [-0.39, 0.29) is 12.0 Å². The first kappa shape index (κ1) is 13.3. The Bertz CT molecular complexity index is 419. The lowest BCUT2D eigenvalue weighted by Gasteiger charge is -2.27. The molecule has 1 amide bonds. The number of hydrogen-bond donors (Lipinski definition) is 0. The van der Waals surface area contributed by atoms with Crippen molar-refractivity contribution in [2.45, 2.75) is 25.4 Å². The van der Waals surface area contributed by atoms with E-state index < -0.39 is 0 Å². The molecule has 1 unspecified atom stereocenters. The van der Waals surface area contributed by atoms with E-state index in [0.29, 0.717) is 17.3 Å². The highest BCUT2D eigenvalue weighted by Gasteiger charge is 2.19. The Hall–Kier alpha value is -1.13. The number of amides is 1. The predicted octanol–water partition coefficient (Wildman–Crippen LogP) is 2.38. The summed E-state index contributed by atoms with van der Waals surface area (Å²) in [4.78, 5) is 17.7. The van der Waals surface area contributed by atoms with Crippen LogP contribution >= 0.6 is 11.6 Å². The number of aromatic nitrogens is 1. The smallest absolute Gasteiger partial charge is 0.253 e. The topological polar surface area (TPSA) is 42.4 Å². The average molecular weight is 269 g/mol. The number of nitrogens with zero attached hydrogens (tertiary/aromatic N) is 2. The summed E-state index contributed by atoms with van der Waals surface area (Å²) in [6.45, 7) is 1.42. The first-order chi connectivity index (χ1) is 8.66. The molecule has 1 aliphatic rings. The van der Waals surface area contributed by atoms with E-state index in [1.165, 1.54) is 6.42 Å². The third kappa shape index (κ3) is 3.43. The van der Waals surface area contributed by atoms with Gasteiger partial charge in [0.25, 0.3) is 5.91 Å². The second kappa shape index (κ2) is 6.16. The fourth-order valence-electron chi connectivity index (χ4n) is 2.10. The standard InChI is InChI=1S/C13H17ClN2O2/c1-16(9-11-4-2-3-7-18-11)13(17)10-5-6-15-12(14)8-10/h5-6,8,11H,2-4,7,9H2,1H3. The van der Waals surface area contributed by atoms with Gasteiger partial charge in [-0.05, 0) is 31.4 Å². The van der Waals surface area contributed by atoms with Gasteiger partial charge in [-0.1, -0.05) is 11.6 Å². The van der Waals surface area contributed by atoms with Crippen molar-refractivity contribution in [1.29, 1.82) is 0 Å². The van der Waals surface area contributed by atoms with Crippen molar-refractivity contribution in [1.82, 2.24) is 9.88 Å². The van der Waals surface area contributed by atoms with Crippen LogP contribution in [0.2, 0.25) is 5.15 Å². The molecule has 0 N–H and O–H groups in total. The van der Waals surface area contributed by atoms with Crippen LogP contribution in [-0.2, 0) is 4.74 Å². The largest absolute Gasteiger partial charge is 0.376 e. The van der Waals surface area contributed by atoms with Crippen LogP contribution in [0.4, 0.5) is 0 Å². The minimum atomic E-state index is -0.0477. The van der Waals surface area contributed by atoms with Gasteiger partial charge in [-0.2, -0.15) is 0 Å². The van der Waals surface area contributed by atoms with Crippen molar-refractivity contribution in [3.05, 3.63) is 29.0 Å². The molecule has 2 rings (SSSR count). The van der Waals surface area contributed by atoms with Crippen LogP contribution in [0.1, 0.15) is 29.6 Å². The minimum Gasteiger partial charge on any atom is -0.376 e. The first-order valence-electron chi connectivity index (χ1n) is 6.15. The van der Waals surface area contributed by atoms with Gasteiger partial charge in [0.15, 0.2) is 0 Å². The normalized spacial score (nSPS) is 19.6. The summed E-state index contributed by atoms with van der Waals surface area (Å²) in [7, 11) is 1.79. The van der Waals surface area contributed by atoms with E-state index in [0.717, 1.165) is 19.4 Å². The molecule has 1 aromatic rings. The molecule has 1 aliphatic heterocycles. The zero-order valence-electron chi connectivity index (χ0n) is 10.4. The quantitative estimate of drug-likeness (QED) is 0.791. The Labute approximate surface area is 112 Å². The van der Waals surface area contributed by atoms with Crippen LogP contribution in [-0.4, -0.2) is 42.1 Å². The maximum absolute atomic E-state index is 12.2. The van der Waals surface area contributed by atoms with E-state index in [1.807, 2.05) is 0 Å². The number of hydrogen-bond acceptors (Lipinski definition) is 3. The molecular weight excluding hydrogens is 252 g/mol. The third-order valence-electron chi connectivity index (χ3n) is 3.07. The predicted molar refractivity (Wildman–Crippen MR) is 69.8 cm³/mol. The second-order valence-electron chi connectivity index (χ2n) is 4.54. The van der Waals surface area contributed by atoms with Gasteiger partial charge in [-0.25, -0.2) is 4.98 Å². The highest BCUT2D eigenvalue weighted by Crippen LogP contribution is 2.15. The number of ether oxygens (including phenoxy) is 1. The van der Waals surface area contributed by atoms with Gasteiger partial charge in [0, 0.05) is 32.0 Å². The van der Waals surface area contributed by atoms with Gasteiger partial charge in [0.1, 0.15) is 5.15 Å². The Morgan fingerprint density at radius 2 is 2.44 bits per heavy atom. The van der Waals surface area contributed by atoms with E-state index in [9.17, 15) is 4.79 Å². The summed E-state index contributed by atoms with van der Waals surface area (Å²) < 4.78 is 5.63. The van der Waals surface area contributed by atoms with E-state index in [2.05, 4.69) is 4.98 Å². The number of carbonyl (C=O) groups excluding carboxylic acids is 1. The summed E-state index contributed by atoms with van der Waals surface area (Å²) >= 11 is 5.78. The summed E-state index contributed by atoms with van der Waals surface area (Å²) in [5, 5.41) is 0.336. The van der Waals surface area contributed by atoms with Crippen molar-refractivity contribution in [2.24, 2.45) is 0 Å². The van der Waals surface area contributed by atoms with Crippen molar-refractivity contribution in [2.75, 3.05) is 20.2 Å². The van der Waals surface area contributed by atoms with Crippen LogP contribution < -0.4 is 0 Å². The molecule has 0 aromatic carbocycles. The lowest BCUT2D eigenvalue weighted by molar-refractivity contribution is -0.000188. The van der Waals surface area contributed by atoms with Gasteiger partial charge in [-0.15, -0.1) is 0 Å². The highest BCUT2D eigenvalue weighted by atomic mass is 35.5. The van der Waals surface area contributed by atoms with Gasteiger partial charge >= 0.3 is 0 Å². The fourth-order valence-corrected chi connectivity index (χ4v) is 2.27. The molecule has 5 heteroatoms. The van der Waals surface area contributed by atoms with Gasteiger partial charge < -0.3 is 9.64 Å². The summed E-state index contributed by atoms with van der Waals surface area (Å²) in [6, 6.07) is 3.26. The molecule has 0 aliphatic carbocycles. The summed E-state index contributed by atoms with van der Waals surface area (Å²) in [5.74, 6) is -0.0477. The van der Waals surface area contributed by atoms with E-state index >= 15 is 0 Å². The molecule has 1 atom stereocenters. The lowest BCUT2D eigenvalue weighted by Crippen LogP contribution is -2.37. The van der Waals surface area contributed by atoms with Crippen molar-refractivity contribution < 1.29 is 9.53 Å². The number of pyridine rings is 1. The van der Waals surface area contributed by atoms with Crippen LogP contribution in [0.25, 0.3) is 0 Å². The van der Waals surface area contributed by atoms with Crippen molar-refractivity contribution in [3.8, 4) is 0 Å². The molecule has 98 valence electrons. The van der Waals surface area contributed by atoms with Crippen LogP contribution in [0, 0.1) is 0 Å². The molecule has 0 saturated carbocycles. The fraction of sp³-hybridized carbons (Fsp3) is 0.538. The number of carbonyl (C=O) groups is 1. The molecule has 0 spiro atoms. The van der Waals surface area contributed by atoms with Gasteiger partial charge in [-0.3, -0.25) is 4.79 Å². The van der Waals surface area contributed by atoms with Crippen molar-refractivity contribution >= 4 is 17.5 Å². The number of rotatable bonds is 3. The molecule has 1 saturated heterocycles. The molecule has 2 heterocycles. The monoisotopic (exact) mass is 268 g/mol. The maximum atomic E-state index is 12.2. The first-order valence-corrected chi connectivity index (χ1v) is 6.53. The summed E-state index contributed by atoms with van der Waals surface area (Å²) in [6.07, 6.45) is 5.02. The highest BCUT2D eigenvalue weighted by molar-refractivity contribution is 6.29. The molecule has 1 aromatic heterocycles. The van der Waals surface area contributed by atoms with Crippen LogP contribution in [0.5, 0.6) is 0 Å². The molecule has 18 heavy (non-hydrogen) atoms. The molecule has 1 fully saturated rings. The Kier molecular flexibility index (Phi) is 4.55. The average Bonchev–Trinajstić information content (AvgIpc) is 2.39. The van der Waals surface area contributed by atoms with Gasteiger partial charge in [0.2, 0.25) is 0 Å². The zero-order valence-corrected chi connectivity index (χ0v) is 11.2. The van der Waals surface area contributed by atoms with E-state index in [1.54, 1.807) is 30.3 Å². The Morgan fingerprint density at radius 1 is 1.61 bits per heavy atom. The number of likely N-dealkylation sites (N-methyl/N-ethyl adjacent to an activating group) is 1. The summed E-state index contributed by atoms with van der Waals surface area (Å²) in [5.41, 5.74) is 0.563. The van der Waals surface area contributed by atoms with Gasteiger partial charge in [0.05, 0.1) is 6.10 Å². The number of halogens is 1. The lowest BCUT2D eigenvalue weighted by atomic mass is 10.1. The maximum Gasteiger partial charge on any atom is 0.253 e. The second-order valence-corrected chi connectivity index (χ2v) is 4.93. The SMILES string of the molecule is CN(CC1CCCCO1)C(=O)c1ccnc(Cl)c1.